The Bertz CT molecular complexity index is 711. The molecule has 0 amide bonds. The van der Waals surface area contributed by atoms with Crippen LogP contribution in [0.2, 0.25) is 0 Å². The van der Waals surface area contributed by atoms with Crippen LogP contribution in [0.3, 0.4) is 0 Å². The molecule has 1 N–H and O–H groups in total. The third-order valence-corrected chi connectivity index (χ3v) is 2.72. The van der Waals surface area contributed by atoms with Gasteiger partial charge in [0.2, 0.25) is 0 Å². The number of rotatable bonds is 2. The van der Waals surface area contributed by atoms with Crippen LogP contribution in [0, 0.1) is 19.7 Å². The Morgan fingerprint density at radius 1 is 1.16 bits per heavy atom. The van der Waals surface area contributed by atoms with Crippen LogP contribution in [0.15, 0.2) is 30.3 Å². The summed E-state index contributed by atoms with van der Waals surface area (Å²) < 4.78 is 14.6. The monoisotopic (exact) mass is 257 g/mol. The molecule has 0 saturated carbocycles. The first-order chi connectivity index (χ1) is 9.13. The number of nitrogens with one attached hydrogen (secondary N) is 1. The Morgan fingerprint density at radius 2 is 1.89 bits per heavy atom. The van der Waals surface area contributed by atoms with Crippen molar-refractivity contribution in [1.82, 2.24) is 25.0 Å². The maximum Gasteiger partial charge on any atom is 0.183 e. The summed E-state index contributed by atoms with van der Waals surface area (Å²) in [5, 5.41) is 11.4. The fourth-order valence-electron chi connectivity index (χ4n) is 1.88. The summed E-state index contributed by atoms with van der Waals surface area (Å²) in [5.74, 6) is 0.992. The van der Waals surface area contributed by atoms with E-state index in [1.807, 2.05) is 19.9 Å². The van der Waals surface area contributed by atoms with Gasteiger partial charge < -0.3 is 0 Å². The van der Waals surface area contributed by atoms with Gasteiger partial charge in [-0.3, -0.25) is 5.10 Å². The SMILES string of the molecule is Cc1nc(-c2cc(C)[nH]n2)n(-c2ccc(F)cc2)n1. The van der Waals surface area contributed by atoms with E-state index >= 15 is 0 Å². The van der Waals surface area contributed by atoms with Crippen LogP contribution in [0.5, 0.6) is 0 Å². The summed E-state index contributed by atoms with van der Waals surface area (Å²) in [7, 11) is 0. The van der Waals surface area contributed by atoms with E-state index in [2.05, 4.69) is 20.3 Å². The third kappa shape index (κ3) is 2.12. The van der Waals surface area contributed by atoms with Crippen molar-refractivity contribution in [3.63, 3.8) is 0 Å². The lowest BCUT2D eigenvalue weighted by atomic mass is 10.3. The van der Waals surface area contributed by atoms with Gasteiger partial charge in [0.05, 0.1) is 5.69 Å². The van der Waals surface area contributed by atoms with Crippen LogP contribution in [-0.2, 0) is 0 Å². The molecule has 0 aliphatic carbocycles. The van der Waals surface area contributed by atoms with Crippen molar-refractivity contribution in [3.8, 4) is 17.2 Å². The highest BCUT2D eigenvalue weighted by Gasteiger charge is 2.14. The summed E-state index contributed by atoms with van der Waals surface area (Å²) in [6.07, 6.45) is 0. The Morgan fingerprint density at radius 3 is 2.53 bits per heavy atom. The number of aromatic amines is 1. The highest BCUT2D eigenvalue weighted by Crippen LogP contribution is 2.20. The van der Waals surface area contributed by atoms with Crippen molar-refractivity contribution in [2.45, 2.75) is 13.8 Å². The molecular weight excluding hydrogens is 245 g/mol. The average molecular weight is 257 g/mol. The summed E-state index contributed by atoms with van der Waals surface area (Å²) in [5.41, 5.74) is 2.40. The summed E-state index contributed by atoms with van der Waals surface area (Å²) in [6.45, 7) is 3.73. The number of benzene rings is 1. The van der Waals surface area contributed by atoms with E-state index < -0.39 is 0 Å². The molecule has 3 aromatic rings. The third-order valence-electron chi connectivity index (χ3n) is 2.72. The van der Waals surface area contributed by atoms with Crippen LogP contribution in [-0.4, -0.2) is 25.0 Å². The Kier molecular flexibility index (Phi) is 2.63. The fourth-order valence-corrected chi connectivity index (χ4v) is 1.88. The lowest BCUT2D eigenvalue weighted by molar-refractivity contribution is 0.627. The minimum atomic E-state index is -0.280. The van der Waals surface area contributed by atoms with Crippen LogP contribution in [0.1, 0.15) is 11.5 Å². The van der Waals surface area contributed by atoms with Gasteiger partial charge in [0.15, 0.2) is 5.82 Å². The topological polar surface area (TPSA) is 59.4 Å². The summed E-state index contributed by atoms with van der Waals surface area (Å²) >= 11 is 0. The van der Waals surface area contributed by atoms with E-state index in [0.717, 1.165) is 11.4 Å². The van der Waals surface area contributed by atoms with Crippen LogP contribution in [0.4, 0.5) is 4.39 Å². The Labute approximate surface area is 109 Å². The second-order valence-electron chi connectivity index (χ2n) is 4.31. The first-order valence-electron chi connectivity index (χ1n) is 5.85. The van der Waals surface area contributed by atoms with Crippen molar-refractivity contribution >= 4 is 0 Å². The lowest BCUT2D eigenvalue weighted by Gasteiger charge is -2.03. The van der Waals surface area contributed by atoms with Crippen LogP contribution in [0.25, 0.3) is 17.2 Å². The zero-order valence-corrected chi connectivity index (χ0v) is 10.6. The zero-order chi connectivity index (χ0) is 13.4. The highest BCUT2D eigenvalue weighted by atomic mass is 19.1. The predicted molar refractivity (Wildman–Crippen MR) is 68.4 cm³/mol. The number of aryl methyl sites for hydroxylation is 2. The molecule has 5 nitrogen and oxygen atoms in total. The Hall–Kier alpha value is -2.50. The molecule has 1 aromatic carbocycles. The first kappa shape index (κ1) is 11.6. The van der Waals surface area contributed by atoms with E-state index in [0.29, 0.717) is 17.3 Å². The van der Waals surface area contributed by atoms with E-state index in [-0.39, 0.29) is 5.82 Å². The van der Waals surface area contributed by atoms with Gasteiger partial charge in [-0.25, -0.2) is 14.1 Å². The smallest absolute Gasteiger partial charge is 0.183 e. The largest absolute Gasteiger partial charge is 0.282 e. The normalized spacial score (nSPS) is 10.9. The molecule has 0 spiro atoms. The number of halogens is 1. The molecule has 0 bridgehead atoms. The zero-order valence-electron chi connectivity index (χ0n) is 10.6. The van der Waals surface area contributed by atoms with Crippen molar-refractivity contribution in [2.75, 3.05) is 0 Å². The fraction of sp³-hybridized carbons (Fsp3) is 0.154. The van der Waals surface area contributed by atoms with E-state index in [9.17, 15) is 4.39 Å². The maximum absolute atomic E-state index is 13.0. The van der Waals surface area contributed by atoms with E-state index in [4.69, 9.17) is 0 Å². The summed E-state index contributed by atoms with van der Waals surface area (Å²) in [6, 6.07) is 8.00. The molecule has 2 aromatic heterocycles. The van der Waals surface area contributed by atoms with Crippen molar-refractivity contribution in [1.29, 1.82) is 0 Å². The van der Waals surface area contributed by atoms with E-state index in [1.54, 1.807) is 16.8 Å². The lowest BCUT2D eigenvalue weighted by Crippen LogP contribution is -2.00. The molecular formula is C13H12FN5. The van der Waals surface area contributed by atoms with Crippen molar-refractivity contribution in [2.24, 2.45) is 0 Å². The van der Waals surface area contributed by atoms with Gasteiger partial charge in [-0.15, -0.1) is 0 Å². The number of aromatic nitrogens is 5. The van der Waals surface area contributed by atoms with E-state index in [1.165, 1.54) is 12.1 Å². The number of nitrogens with zero attached hydrogens (tertiary/aromatic N) is 4. The minimum absolute atomic E-state index is 0.280. The average Bonchev–Trinajstić information content (AvgIpc) is 2.96. The molecule has 3 rings (SSSR count). The molecule has 0 unspecified atom stereocenters. The second kappa shape index (κ2) is 4.31. The molecule has 0 saturated heterocycles. The van der Waals surface area contributed by atoms with Gasteiger partial charge in [0.1, 0.15) is 17.3 Å². The second-order valence-corrected chi connectivity index (χ2v) is 4.31. The van der Waals surface area contributed by atoms with Gasteiger partial charge in [-0.05, 0) is 44.2 Å². The van der Waals surface area contributed by atoms with Gasteiger partial charge in [-0.1, -0.05) is 0 Å². The van der Waals surface area contributed by atoms with Crippen LogP contribution < -0.4 is 0 Å². The van der Waals surface area contributed by atoms with Gasteiger partial charge >= 0.3 is 0 Å². The molecule has 2 heterocycles. The molecule has 96 valence electrons. The molecule has 0 fully saturated rings. The standard InChI is InChI=1S/C13H12FN5/c1-8-7-12(17-16-8)13-15-9(2)18-19(13)11-5-3-10(14)4-6-11/h3-7H,1-2H3,(H,16,17). The highest BCUT2D eigenvalue weighted by molar-refractivity contribution is 5.53. The maximum atomic E-state index is 13.0. The first-order valence-corrected chi connectivity index (χ1v) is 5.85. The minimum Gasteiger partial charge on any atom is -0.282 e. The number of hydrogen-bond acceptors (Lipinski definition) is 3. The van der Waals surface area contributed by atoms with Crippen molar-refractivity contribution in [3.05, 3.63) is 47.7 Å². The van der Waals surface area contributed by atoms with Crippen molar-refractivity contribution < 1.29 is 4.39 Å². The predicted octanol–water partition coefficient (Wildman–Crippen LogP) is 2.41. The molecule has 0 atom stereocenters. The van der Waals surface area contributed by atoms with Gasteiger partial charge in [-0.2, -0.15) is 10.2 Å². The molecule has 0 radical (unpaired) electrons. The Balaban J connectivity index is 2.14. The molecule has 0 aliphatic heterocycles. The molecule has 19 heavy (non-hydrogen) atoms. The number of H-pyrrole nitrogens is 1. The van der Waals surface area contributed by atoms with Gasteiger partial charge in [0, 0.05) is 5.69 Å². The van der Waals surface area contributed by atoms with Crippen LogP contribution >= 0.6 is 0 Å². The summed E-state index contributed by atoms with van der Waals surface area (Å²) in [4.78, 5) is 4.37. The molecule has 6 heteroatoms. The number of hydrogen-bond donors (Lipinski definition) is 1. The molecule has 0 aliphatic rings. The van der Waals surface area contributed by atoms with Gasteiger partial charge in [0.25, 0.3) is 0 Å². The quantitative estimate of drug-likeness (QED) is 0.767.